The fourth-order valence-electron chi connectivity index (χ4n) is 8.58. The van der Waals surface area contributed by atoms with Crippen LogP contribution in [-0.4, -0.2) is 39.8 Å². The van der Waals surface area contributed by atoms with Crippen molar-refractivity contribution in [2.24, 2.45) is 0 Å². The fourth-order valence-corrected chi connectivity index (χ4v) is 8.58. The maximum absolute atomic E-state index is 10.7. The molecular formula is C52H47N7O. The van der Waals surface area contributed by atoms with E-state index in [1.165, 1.54) is 5.56 Å². The fraction of sp³-hybridized carbons (Fsp3) is 0.173. The number of hydrogen-bond donors (Lipinski definition) is 1. The van der Waals surface area contributed by atoms with Gasteiger partial charge in [-0.05, 0) is 75.7 Å². The molecule has 0 saturated heterocycles. The molecule has 0 aliphatic rings. The molecule has 0 radical (unpaired) electrons. The Bertz CT molecular complexity index is 2720. The van der Waals surface area contributed by atoms with Gasteiger partial charge in [0.2, 0.25) is 0 Å². The van der Waals surface area contributed by atoms with Crippen molar-refractivity contribution in [3.8, 4) is 22.6 Å². The van der Waals surface area contributed by atoms with Crippen LogP contribution >= 0.6 is 0 Å². The summed E-state index contributed by atoms with van der Waals surface area (Å²) in [5, 5.41) is 25.6. The number of aryl methyl sites for hydroxylation is 3. The Balaban J connectivity index is 1.08. The van der Waals surface area contributed by atoms with E-state index < -0.39 is 5.54 Å². The second kappa shape index (κ2) is 17.4. The molecule has 0 aliphatic heterocycles. The maximum atomic E-state index is 10.7. The summed E-state index contributed by atoms with van der Waals surface area (Å²) < 4.78 is 4.21. The normalized spacial score (nSPS) is 11.6. The average Bonchev–Trinajstić information content (AvgIpc) is 3.94. The first-order valence-electron chi connectivity index (χ1n) is 20.8. The van der Waals surface area contributed by atoms with E-state index in [4.69, 9.17) is 20.3 Å². The lowest BCUT2D eigenvalue weighted by atomic mass is 9.77. The third kappa shape index (κ3) is 7.42. The van der Waals surface area contributed by atoms with Crippen LogP contribution in [0.3, 0.4) is 0 Å². The second-order valence-electron chi connectivity index (χ2n) is 15.2. The molecule has 0 bridgehead atoms. The van der Waals surface area contributed by atoms with E-state index >= 15 is 0 Å². The molecule has 60 heavy (non-hydrogen) atoms. The summed E-state index contributed by atoms with van der Waals surface area (Å²) in [7, 11) is 0. The number of fused-ring (bicyclic) bond motifs is 1. The quantitative estimate of drug-likeness (QED) is 0.104. The summed E-state index contributed by atoms with van der Waals surface area (Å²) in [5.74, 6) is 1.66. The summed E-state index contributed by atoms with van der Waals surface area (Å²) in [4.78, 5) is 10.4. The number of benzene rings is 6. The number of rotatable bonds is 15. The molecule has 0 atom stereocenters. The van der Waals surface area contributed by atoms with Crippen molar-refractivity contribution in [3.63, 3.8) is 0 Å². The Kier molecular flexibility index (Phi) is 11.2. The minimum atomic E-state index is -0.882. The second-order valence-corrected chi connectivity index (χ2v) is 15.2. The van der Waals surface area contributed by atoms with Crippen molar-refractivity contribution >= 4 is 10.9 Å². The van der Waals surface area contributed by atoms with Crippen LogP contribution in [0.1, 0.15) is 64.8 Å². The predicted molar refractivity (Wildman–Crippen MR) is 238 cm³/mol. The lowest BCUT2D eigenvalue weighted by molar-refractivity contribution is 0.269. The van der Waals surface area contributed by atoms with E-state index in [9.17, 15) is 5.11 Å². The van der Waals surface area contributed by atoms with E-state index in [2.05, 4.69) is 156 Å². The lowest BCUT2D eigenvalue weighted by Gasteiger charge is -2.36. The maximum Gasteiger partial charge on any atom is 0.184 e. The summed E-state index contributed by atoms with van der Waals surface area (Å²) in [6, 6.07) is 60.8. The third-order valence-electron chi connectivity index (χ3n) is 11.5. The van der Waals surface area contributed by atoms with E-state index in [0.717, 1.165) is 99.3 Å². The van der Waals surface area contributed by atoms with Crippen molar-refractivity contribution < 1.29 is 5.11 Å². The average molecular weight is 786 g/mol. The number of unbranched alkanes of at least 4 members (excludes halogenated alkanes) is 1. The van der Waals surface area contributed by atoms with E-state index in [1.807, 2.05) is 41.1 Å². The molecule has 8 nitrogen and oxygen atoms in total. The van der Waals surface area contributed by atoms with Gasteiger partial charge >= 0.3 is 0 Å². The Hall–Kier alpha value is -7.03. The Morgan fingerprint density at radius 2 is 1.20 bits per heavy atom. The molecule has 1 N–H and O–H groups in total. The van der Waals surface area contributed by atoms with Crippen molar-refractivity contribution in [3.05, 3.63) is 221 Å². The van der Waals surface area contributed by atoms with Crippen molar-refractivity contribution in [1.29, 1.82) is 0 Å². The van der Waals surface area contributed by atoms with Crippen LogP contribution in [0.2, 0.25) is 0 Å². The molecule has 296 valence electrons. The summed E-state index contributed by atoms with van der Waals surface area (Å²) >= 11 is 0. The number of nitrogens with zero attached hydrogens (tertiary/aromatic N) is 7. The van der Waals surface area contributed by atoms with Gasteiger partial charge in [-0.15, -0.1) is 5.10 Å². The van der Waals surface area contributed by atoms with Crippen molar-refractivity contribution in [2.45, 2.75) is 57.7 Å². The highest BCUT2D eigenvalue weighted by Crippen LogP contribution is 2.43. The first-order chi connectivity index (χ1) is 29.7. The molecule has 0 fully saturated rings. The smallest absolute Gasteiger partial charge is 0.184 e. The highest BCUT2D eigenvalue weighted by molar-refractivity contribution is 5.86. The molecule has 0 unspecified atom stereocenters. The molecule has 0 spiro atoms. The number of hydrogen-bond acceptors (Lipinski definition) is 6. The topological polar surface area (TPSA) is 94.5 Å². The lowest BCUT2D eigenvalue weighted by Crippen LogP contribution is -2.39. The first kappa shape index (κ1) is 38.5. The molecule has 9 rings (SSSR count). The van der Waals surface area contributed by atoms with Gasteiger partial charge in [-0.25, -0.2) is 14.6 Å². The van der Waals surface area contributed by atoms with Gasteiger partial charge in [0.05, 0.1) is 29.2 Å². The van der Waals surface area contributed by atoms with Crippen LogP contribution in [0.15, 0.2) is 176 Å². The van der Waals surface area contributed by atoms with Crippen LogP contribution in [0, 0.1) is 0 Å². The van der Waals surface area contributed by atoms with Gasteiger partial charge in [-0.3, -0.25) is 0 Å². The van der Waals surface area contributed by atoms with E-state index in [1.54, 1.807) is 0 Å². The van der Waals surface area contributed by atoms with Crippen LogP contribution in [0.5, 0.6) is 0 Å². The number of aliphatic hydroxyl groups is 1. The molecule has 3 heterocycles. The van der Waals surface area contributed by atoms with E-state index in [-0.39, 0.29) is 6.61 Å². The Morgan fingerprint density at radius 3 is 1.83 bits per heavy atom. The SMILES string of the molecule is CCCCc1nc(CCc2ccccc2)c(CO)n1Cc1ccc2nc(-c3ccccc3-c3nnnn3C(c3ccccc3)(c3ccccc3)c3ccccc3)ccc2c1. The van der Waals surface area contributed by atoms with Gasteiger partial charge in [0.25, 0.3) is 0 Å². The Morgan fingerprint density at radius 1 is 0.583 bits per heavy atom. The molecule has 0 aliphatic carbocycles. The number of aliphatic hydroxyl groups excluding tert-OH is 1. The van der Waals surface area contributed by atoms with E-state index in [0.29, 0.717) is 12.4 Å². The minimum Gasteiger partial charge on any atom is -0.390 e. The van der Waals surface area contributed by atoms with Crippen molar-refractivity contribution in [2.75, 3.05) is 0 Å². The number of pyridine rings is 1. The predicted octanol–water partition coefficient (Wildman–Crippen LogP) is 10.3. The van der Waals surface area contributed by atoms with Gasteiger partial charge in [0.15, 0.2) is 5.82 Å². The molecule has 6 aromatic carbocycles. The molecule has 9 aromatic rings. The number of aromatic nitrogens is 7. The minimum absolute atomic E-state index is 0.0480. The van der Waals surface area contributed by atoms with Gasteiger partial charge in [-0.2, -0.15) is 0 Å². The molecule has 8 heteroatoms. The van der Waals surface area contributed by atoms with Crippen LogP contribution in [0.25, 0.3) is 33.5 Å². The zero-order valence-corrected chi connectivity index (χ0v) is 33.8. The zero-order chi connectivity index (χ0) is 40.7. The van der Waals surface area contributed by atoms with Crippen LogP contribution < -0.4 is 0 Å². The highest BCUT2D eigenvalue weighted by atomic mass is 16.3. The van der Waals surface area contributed by atoms with Crippen LogP contribution in [-0.2, 0) is 38.0 Å². The van der Waals surface area contributed by atoms with Crippen molar-refractivity contribution in [1.82, 2.24) is 34.7 Å². The molecule has 0 amide bonds. The first-order valence-corrected chi connectivity index (χ1v) is 20.8. The largest absolute Gasteiger partial charge is 0.390 e. The molecular weight excluding hydrogens is 739 g/mol. The number of tetrazole rings is 1. The molecule has 0 saturated carbocycles. The monoisotopic (exact) mass is 785 g/mol. The third-order valence-corrected chi connectivity index (χ3v) is 11.5. The number of imidazole rings is 1. The Labute approximate surface area is 350 Å². The van der Waals surface area contributed by atoms with Gasteiger partial charge in [0, 0.05) is 29.5 Å². The van der Waals surface area contributed by atoms with Gasteiger partial charge in [-0.1, -0.05) is 171 Å². The summed E-state index contributed by atoms with van der Waals surface area (Å²) in [5.41, 5.74) is 10.0. The highest BCUT2D eigenvalue weighted by Gasteiger charge is 2.42. The zero-order valence-electron chi connectivity index (χ0n) is 33.8. The molecule has 3 aromatic heterocycles. The standard InChI is InChI=1S/C52H47N7O/c1-2-3-28-50-54-48(33-29-38-18-8-4-9-19-38)49(37-60)58(50)36-39-30-32-46-40(35-39)31-34-47(53-46)44-26-16-17-27-45(44)51-55-56-57-59(51)52(41-20-10-5-11-21-41,42-22-12-6-13-23-42)43-24-14-7-15-25-43/h4-27,30-32,34-35,60H,2-3,28-29,33,36-37H2,1H3. The van der Waals surface area contributed by atoms with Crippen LogP contribution in [0.4, 0.5) is 0 Å². The summed E-state index contributed by atoms with van der Waals surface area (Å²) in [6.07, 6.45) is 4.67. The van der Waals surface area contributed by atoms with Gasteiger partial charge < -0.3 is 9.67 Å². The summed E-state index contributed by atoms with van der Waals surface area (Å²) in [6.45, 7) is 2.78. The van der Waals surface area contributed by atoms with Gasteiger partial charge in [0.1, 0.15) is 11.4 Å².